The molecule has 10 heteroatoms. The van der Waals surface area contributed by atoms with E-state index in [9.17, 15) is 19.8 Å². The van der Waals surface area contributed by atoms with Crippen LogP contribution in [0.2, 0.25) is 0 Å². The van der Waals surface area contributed by atoms with Gasteiger partial charge in [0, 0.05) is 6.42 Å². The Kier molecular flexibility index (Phi) is 33.5. The number of benzene rings is 1. The molecule has 0 unspecified atom stereocenters. The quantitative estimate of drug-likeness (QED) is 0.0333. The fourth-order valence-electron chi connectivity index (χ4n) is 9.43. The molecule has 10 nitrogen and oxygen atoms in total. The van der Waals surface area contributed by atoms with E-state index < -0.39 is 54.6 Å². The zero-order valence-electron chi connectivity index (χ0n) is 43.5. The molecule has 1 amide bonds. The average Bonchev–Trinajstić information content (AvgIpc) is 3.68. The Balaban J connectivity index is 1.48. The Bertz CT molecular complexity index is 1450. The van der Waals surface area contributed by atoms with Gasteiger partial charge in [-0.15, -0.1) is 0 Å². The van der Waals surface area contributed by atoms with Gasteiger partial charge >= 0.3 is 5.97 Å². The average molecular weight is 954 g/mol. The van der Waals surface area contributed by atoms with E-state index in [4.69, 9.17) is 23.7 Å². The molecule has 3 N–H and O–H groups in total. The van der Waals surface area contributed by atoms with Gasteiger partial charge in [-0.1, -0.05) is 204 Å². The second kappa shape index (κ2) is 38.1. The molecule has 0 aliphatic carbocycles. The highest BCUT2D eigenvalue weighted by molar-refractivity contribution is 5.89. The van der Waals surface area contributed by atoms with Crippen LogP contribution in [0.4, 0.5) is 0 Å². The first-order chi connectivity index (χ1) is 33.2. The van der Waals surface area contributed by atoms with Gasteiger partial charge in [-0.05, 0) is 77.0 Å². The van der Waals surface area contributed by atoms with Crippen LogP contribution in [0, 0.1) is 0 Å². The Labute approximate surface area is 414 Å². The molecule has 0 aromatic heterocycles. The van der Waals surface area contributed by atoms with Crippen molar-refractivity contribution in [1.29, 1.82) is 0 Å². The van der Waals surface area contributed by atoms with Crippen LogP contribution in [0.3, 0.4) is 0 Å². The molecule has 0 bridgehead atoms. The molecule has 0 spiro atoms. The standard InChI is InChI=1S/C58H99NO9/c1-5-7-9-11-13-15-17-19-20-21-22-23-24-25-26-28-30-32-34-36-41-45-52(61)59-49(47-64-57-53(62)55-54(51(46-60)66-57)67-58(3,4)68-55)50(65-56(63)48-42-38-37-39-43-48)44-40-35-33-31-29-27-18-16-14-12-10-8-6-2/h19-20,37-40,42-44,49-51,53-55,57,60,62H,5-18,21-36,41,45-47H2,1-4H3,(H,59,61)/b20-19+,44-40+/t49-,50+,51+,53+,54-,55+,57+/m0/s1. The van der Waals surface area contributed by atoms with E-state index in [0.717, 1.165) is 38.5 Å². The van der Waals surface area contributed by atoms with Crippen LogP contribution >= 0.6 is 0 Å². The third-order valence-electron chi connectivity index (χ3n) is 13.5. The second-order valence-electron chi connectivity index (χ2n) is 20.2. The third kappa shape index (κ3) is 26.6. The maximum absolute atomic E-state index is 13.7. The minimum absolute atomic E-state index is 0.126. The second-order valence-corrected chi connectivity index (χ2v) is 20.2. The van der Waals surface area contributed by atoms with E-state index in [2.05, 4.69) is 31.3 Å². The van der Waals surface area contributed by atoms with E-state index in [1.807, 2.05) is 18.2 Å². The molecule has 1 aromatic carbocycles. The van der Waals surface area contributed by atoms with Crippen molar-refractivity contribution in [3.63, 3.8) is 0 Å². The molecule has 0 radical (unpaired) electrons. The highest BCUT2D eigenvalue weighted by Crippen LogP contribution is 2.38. The maximum Gasteiger partial charge on any atom is 0.338 e. The van der Waals surface area contributed by atoms with E-state index in [1.165, 1.54) is 161 Å². The lowest BCUT2D eigenvalue weighted by Crippen LogP contribution is -2.59. The molecule has 2 aliphatic rings. The predicted octanol–water partition coefficient (Wildman–Crippen LogP) is 13.9. The molecule has 0 saturated carbocycles. The fourth-order valence-corrected chi connectivity index (χ4v) is 9.43. The minimum atomic E-state index is -1.22. The van der Waals surface area contributed by atoms with Gasteiger partial charge in [0.15, 0.2) is 12.1 Å². The predicted molar refractivity (Wildman–Crippen MR) is 276 cm³/mol. The zero-order valence-corrected chi connectivity index (χ0v) is 43.5. The van der Waals surface area contributed by atoms with Crippen molar-refractivity contribution in [2.45, 2.75) is 282 Å². The molecule has 3 rings (SSSR count). The summed E-state index contributed by atoms with van der Waals surface area (Å²) in [6.45, 7) is 7.55. The lowest BCUT2D eigenvalue weighted by molar-refractivity contribution is -0.284. The minimum Gasteiger partial charge on any atom is -0.452 e. The van der Waals surface area contributed by atoms with Crippen LogP contribution in [0.5, 0.6) is 0 Å². The number of amides is 1. The van der Waals surface area contributed by atoms with Crippen LogP contribution in [0.15, 0.2) is 54.6 Å². The Morgan fingerprint density at radius 3 is 1.60 bits per heavy atom. The van der Waals surface area contributed by atoms with Crippen LogP contribution in [-0.2, 0) is 28.5 Å². The van der Waals surface area contributed by atoms with Crippen molar-refractivity contribution < 1.29 is 43.5 Å². The molecular formula is C58H99NO9. The fraction of sp³-hybridized carbons (Fsp3) is 0.793. The molecule has 2 heterocycles. The molecule has 2 fully saturated rings. The lowest BCUT2D eigenvalue weighted by Gasteiger charge is -2.39. The number of hydrogen-bond donors (Lipinski definition) is 3. The summed E-state index contributed by atoms with van der Waals surface area (Å²) in [5.41, 5.74) is 0.406. The molecular weight excluding hydrogens is 855 g/mol. The first-order valence-electron chi connectivity index (χ1n) is 28.0. The summed E-state index contributed by atoms with van der Waals surface area (Å²) in [7, 11) is 0. The number of aliphatic hydroxyl groups is 2. The van der Waals surface area contributed by atoms with Gasteiger partial charge in [0.05, 0.1) is 24.8 Å². The monoisotopic (exact) mass is 954 g/mol. The van der Waals surface area contributed by atoms with Crippen molar-refractivity contribution in [3.05, 3.63) is 60.2 Å². The van der Waals surface area contributed by atoms with E-state index >= 15 is 0 Å². The third-order valence-corrected chi connectivity index (χ3v) is 13.5. The molecule has 68 heavy (non-hydrogen) atoms. The Morgan fingerprint density at radius 2 is 1.10 bits per heavy atom. The van der Waals surface area contributed by atoms with E-state index in [1.54, 1.807) is 38.1 Å². The molecule has 2 saturated heterocycles. The van der Waals surface area contributed by atoms with Crippen LogP contribution in [0.25, 0.3) is 0 Å². The summed E-state index contributed by atoms with van der Waals surface area (Å²) in [5.74, 6) is -1.64. The number of aliphatic hydroxyl groups excluding tert-OH is 2. The zero-order chi connectivity index (χ0) is 48.9. The summed E-state index contributed by atoms with van der Waals surface area (Å²) < 4.78 is 30.4. The number of carbonyl (C=O) groups is 2. The number of unbranched alkanes of at least 4 members (excludes halogenated alkanes) is 28. The number of carbonyl (C=O) groups excluding carboxylic acids is 2. The highest BCUT2D eigenvalue weighted by atomic mass is 16.8. The number of hydrogen-bond acceptors (Lipinski definition) is 9. The van der Waals surface area contributed by atoms with Crippen molar-refractivity contribution in [2.75, 3.05) is 13.2 Å². The molecule has 2 aliphatic heterocycles. The summed E-state index contributed by atoms with van der Waals surface area (Å²) in [6, 6.07) is 8.06. The van der Waals surface area contributed by atoms with E-state index in [0.29, 0.717) is 12.0 Å². The van der Waals surface area contributed by atoms with Crippen molar-refractivity contribution in [1.82, 2.24) is 5.32 Å². The van der Waals surface area contributed by atoms with Gasteiger partial charge in [-0.2, -0.15) is 0 Å². The largest absolute Gasteiger partial charge is 0.452 e. The van der Waals surface area contributed by atoms with Crippen molar-refractivity contribution in [2.24, 2.45) is 0 Å². The first kappa shape index (κ1) is 59.7. The SMILES string of the molecule is CCCCCCCC/C=C/CCCCCCCCCCCCCC(=O)N[C@@H](CO[C@@H]1O[C@H](CO)[C@@H]2OC(C)(C)O[C@@H]2[C@H]1O)[C@@H](/C=C/CCCCCCCCCCCCC)OC(=O)c1ccccc1. The number of ether oxygens (including phenoxy) is 5. The normalized spacial score (nSPS) is 21.1. The van der Waals surface area contributed by atoms with Crippen LogP contribution in [-0.4, -0.2) is 83.9 Å². The van der Waals surface area contributed by atoms with Gasteiger partial charge in [-0.25, -0.2) is 4.79 Å². The number of allylic oxidation sites excluding steroid dienone is 3. The van der Waals surface area contributed by atoms with Gasteiger partial charge in [0.25, 0.3) is 0 Å². The number of nitrogens with one attached hydrogen (secondary N) is 1. The number of rotatable bonds is 42. The Hall–Kier alpha value is -2.60. The van der Waals surface area contributed by atoms with Crippen molar-refractivity contribution in [3.8, 4) is 0 Å². The van der Waals surface area contributed by atoms with Gasteiger partial charge in [0.2, 0.25) is 5.91 Å². The van der Waals surface area contributed by atoms with Gasteiger partial charge < -0.3 is 39.2 Å². The summed E-state index contributed by atoms with van der Waals surface area (Å²) >= 11 is 0. The van der Waals surface area contributed by atoms with Crippen LogP contribution < -0.4 is 5.32 Å². The summed E-state index contributed by atoms with van der Waals surface area (Å²) in [5, 5.41) is 24.7. The highest BCUT2D eigenvalue weighted by Gasteiger charge is 2.55. The topological polar surface area (TPSA) is 133 Å². The molecule has 7 atom stereocenters. The summed E-state index contributed by atoms with van der Waals surface area (Å²) in [6.07, 6.45) is 41.9. The van der Waals surface area contributed by atoms with Crippen molar-refractivity contribution >= 4 is 11.9 Å². The maximum atomic E-state index is 13.7. The van der Waals surface area contributed by atoms with Gasteiger partial charge in [-0.3, -0.25) is 4.79 Å². The van der Waals surface area contributed by atoms with Gasteiger partial charge in [0.1, 0.15) is 30.5 Å². The number of esters is 1. The number of fused-ring (bicyclic) bond motifs is 1. The Morgan fingerprint density at radius 1 is 0.647 bits per heavy atom. The molecule has 390 valence electrons. The smallest absolute Gasteiger partial charge is 0.338 e. The lowest BCUT2D eigenvalue weighted by atomic mass is 9.99. The molecule has 1 aromatic rings. The van der Waals surface area contributed by atoms with E-state index in [-0.39, 0.29) is 19.1 Å². The first-order valence-corrected chi connectivity index (χ1v) is 28.0. The van der Waals surface area contributed by atoms with Crippen LogP contribution in [0.1, 0.15) is 244 Å². The summed E-state index contributed by atoms with van der Waals surface area (Å²) in [4.78, 5) is 27.2.